The number of fused-ring (bicyclic) bond motifs is 2. The summed E-state index contributed by atoms with van der Waals surface area (Å²) in [7, 11) is 3.01. The molecule has 2 fully saturated rings. The van der Waals surface area contributed by atoms with Gasteiger partial charge in [-0.3, -0.25) is 19.3 Å². The van der Waals surface area contributed by atoms with E-state index in [1.165, 1.54) is 25.0 Å². The van der Waals surface area contributed by atoms with Crippen molar-refractivity contribution in [1.29, 1.82) is 0 Å². The summed E-state index contributed by atoms with van der Waals surface area (Å²) in [6.45, 7) is 7.17. The Morgan fingerprint density at radius 1 is 1.07 bits per heavy atom. The summed E-state index contributed by atoms with van der Waals surface area (Å²) in [6.07, 6.45) is 8.08. The van der Waals surface area contributed by atoms with Crippen LogP contribution in [0.3, 0.4) is 0 Å². The molecule has 3 N–H and O–H groups in total. The third-order valence-corrected chi connectivity index (χ3v) is 8.81. The number of piperazine rings is 1. The zero-order chi connectivity index (χ0) is 31.9. The second-order valence-corrected chi connectivity index (χ2v) is 11.9. The number of hydrogen-bond donors (Lipinski definition) is 3. The number of anilines is 1. The number of nitrogens with one attached hydrogen (secondary N) is 3. The van der Waals surface area contributed by atoms with Gasteiger partial charge in [-0.25, -0.2) is 9.86 Å². The summed E-state index contributed by atoms with van der Waals surface area (Å²) in [4.78, 5) is 45.2. The van der Waals surface area contributed by atoms with Gasteiger partial charge in [-0.1, -0.05) is 36.4 Å². The van der Waals surface area contributed by atoms with Crippen molar-refractivity contribution in [3.63, 3.8) is 0 Å². The molecule has 45 heavy (non-hydrogen) atoms. The smallest absolute Gasteiger partial charge is 0.338 e. The monoisotopic (exact) mass is 613 g/mol. The predicted octanol–water partition coefficient (Wildman–Crippen LogP) is 4.26. The summed E-state index contributed by atoms with van der Waals surface area (Å²) in [5, 5.41) is 11.3. The molecule has 1 aliphatic carbocycles. The number of esters is 1. The summed E-state index contributed by atoms with van der Waals surface area (Å²) in [5.41, 5.74) is 6.72. The van der Waals surface area contributed by atoms with Crippen LogP contribution in [0.4, 0.5) is 5.69 Å². The SMILES string of the molecule is COC(=O)c1cc(NC=O)c(/C(C)=C(/NC2=CC=C(C(=O)N(C)OCCN3CC4CCC(C3)N4)CC2)c2ccccc2)cc1C. The van der Waals surface area contributed by atoms with Crippen LogP contribution in [0.5, 0.6) is 0 Å². The summed E-state index contributed by atoms with van der Waals surface area (Å²) in [5.74, 6) is -0.603. The van der Waals surface area contributed by atoms with Crippen molar-refractivity contribution in [3.8, 4) is 0 Å². The molecule has 2 atom stereocenters. The summed E-state index contributed by atoms with van der Waals surface area (Å²) < 4.78 is 4.93. The lowest BCUT2D eigenvalue weighted by molar-refractivity contribution is -0.175. The molecule has 2 unspecified atom stereocenters. The lowest BCUT2D eigenvalue weighted by Gasteiger charge is -2.33. The average Bonchev–Trinajstić information content (AvgIpc) is 3.41. The van der Waals surface area contributed by atoms with Crippen molar-refractivity contribution in [2.45, 2.75) is 51.6 Å². The van der Waals surface area contributed by atoms with Crippen molar-refractivity contribution < 1.29 is 24.0 Å². The van der Waals surface area contributed by atoms with Gasteiger partial charge in [-0.05, 0) is 74.4 Å². The van der Waals surface area contributed by atoms with Gasteiger partial charge in [0.25, 0.3) is 5.91 Å². The molecule has 0 aromatic heterocycles. The minimum atomic E-state index is -0.470. The molecule has 238 valence electrons. The van der Waals surface area contributed by atoms with Gasteiger partial charge in [0, 0.05) is 67.0 Å². The van der Waals surface area contributed by atoms with E-state index >= 15 is 0 Å². The van der Waals surface area contributed by atoms with Gasteiger partial charge in [-0.2, -0.15) is 0 Å². The molecule has 2 aromatic rings. The fourth-order valence-corrected chi connectivity index (χ4v) is 6.37. The molecule has 3 aliphatic rings. The molecule has 2 amide bonds. The highest BCUT2D eigenvalue weighted by molar-refractivity contribution is 5.99. The lowest BCUT2D eigenvalue weighted by Crippen LogP contribution is -2.52. The van der Waals surface area contributed by atoms with E-state index in [1.54, 1.807) is 13.1 Å². The molecule has 10 heteroatoms. The van der Waals surface area contributed by atoms with Crippen LogP contribution in [-0.2, 0) is 19.2 Å². The highest BCUT2D eigenvalue weighted by Gasteiger charge is 2.32. The molecule has 0 spiro atoms. The largest absolute Gasteiger partial charge is 0.465 e. The maximum atomic E-state index is 13.1. The molecule has 10 nitrogen and oxygen atoms in total. The average molecular weight is 614 g/mol. The molecule has 2 aliphatic heterocycles. The first-order valence-corrected chi connectivity index (χ1v) is 15.5. The van der Waals surface area contributed by atoms with Crippen LogP contribution in [0.25, 0.3) is 11.3 Å². The quantitative estimate of drug-likeness (QED) is 0.141. The van der Waals surface area contributed by atoms with Crippen molar-refractivity contribution in [2.24, 2.45) is 0 Å². The zero-order valence-electron chi connectivity index (χ0n) is 26.5. The van der Waals surface area contributed by atoms with Gasteiger partial charge >= 0.3 is 5.97 Å². The number of hydroxylamine groups is 2. The van der Waals surface area contributed by atoms with E-state index in [0.29, 0.717) is 54.8 Å². The number of carbonyl (C=O) groups excluding carboxylic acids is 3. The number of aryl methyl sites for hydroxylation is 1. The van der Waals surface area contributed by atoms with Gasteiger partial charge in [0.05, 0.1) is 19.3 Å². The number of benzene rings is 2. The predicted molar refractivity (Wildman–Crippen MR) is 175 cm³/mol. The second kappa shape index (κ2) is 14.7. The van der Waals surface area contributed by atoms with E-state index in [4.69, 9.17) is 9.57 Å². The number of rotatable bonds is 12. The van der Waals surface area contributed by atoms with E-state index in [-0.39, 0.29) is 5.91 Å². The number of methoxy groups -OCH3 is 1. The van der Waals surface area contributed by atoms with E-state index in [2.05, 4.69) is 20.9 Å². The van der Waals surface area contributed by atoms with Gasteiger partial charge in [0.1, 0.15) is 0 Å². The minimum Gasteiger partial charge on any atom is -0.465 e. The Kier molecular flexibility index (Phi) is 10.5. The molecule has 2 saturated heterocycles. The Balaban J connectivity index is 1.31. The van der Waals surface area contributed by atoms with Crippen LogP contribution in [0.15, 0.2) is 65.9 Å². The van der Waals surface area contributed by atoms with Crippen LogP contribution in [-0.4, -0.2) is 80.7 Å². The van der Waals surface area contributed by atoms with E-state index < -0.39 is 5.97 Å². The second-order valence-electron chi connectivity index (χ2n) is 11.9. The minimum absolute atomic E-state index is 0.133. The molecule has 2 heterocycles. The van der Waals surface area contributed by atoms with E-state index in [1.807, 2.05) is 62.4 Å². The first-order chi connectivity index (χ1) is 21.8. The molecule has 0 saturated carbocycles. The number of hydrogen-bond acceptors (Lipinski definition) is 8. The highest BCUT2D eigenvalue weighted by atomic mass is 16.7. The molecule has 0 radical (unpaired) electrons. The Morgan fingerprint density at radius 3 is 2.44 bits per heavy atom. The van der Waals surface area contributed by atoms with E-state index in [9.17, 15) is 14.4 Å². The number of carbonyl (C=O) groups is 3. The number of nitrogens with zero attached hydrogens (tertiary/aromatic N) is 2. The Bertz CT molecular complexity index is 1500. The van der Waals surface area contributed by atoms with Crippen LogP contribution in [0.2, 0.25) is 0 Å². The van der Waals surface area contributed by atoms with Gasteiger partial charge < -0.3 is 20.7 Å². The van der Waals surface area contributed by atoms with E-state index in [0.717, 1.165) is 53.3 Å². The van der Waals surface area contributed by atoms with Crippen molar-refractivity contribution >= 4 is 35.2 Å². The lowest BCUT2D eigenvalue weighted by atomic mass is 9.94. The summed E-state index contributed by atoms with van der Waals surface area (Å²) in [6, 6.07) is 14.6. The van der Waals surface area contributed by atoms with Crippen molar-refractivity contribution in [2.75, 3.05) is 45.7 Å². The van der Waals surface area contributed by atoms with Gasteiger partial charge in [-0.15, -0.1) is 0 Å². The molecule has 5 rings (SSSR count). The number of amides is 2. The number of likely N-dealkylation sites (tertiary alicyclic amines) is 1. The normalized spacial score (nSPS) is 20.0. The Hall–Kier alpha value is -4.25. The molecule has 2 aromatic carbocycles. The Labute approximate surface area is 265 Å². The molecule has 2 bridgehead atoms. The number of allylic oxidation sites excluding steroid dienone is 4. The topological polar surface area (TPSA) is 112 Å². The van der Waals surface area contributed by atoms with Crippen molar-refractivity contribution in [3.05, 3.63) is 88.1 Å². The van der Waals surface area contributed by atoms with Crippen LogP contribution in [0, 0.1) is 6.92 Å². The Morgan fingerprint density at radius 2 is 1.80 bits per heavy atom. The van der Waals surface area contributed by atoms with Crippen LogP contribution < -0.4 is 16.0 Å². The first-order valence-electron chi connectivity index (χ1n) is 15.5. The maximum absolute atomic E-state index is 13.1. The number of likely N-dealkylation sites (N-methyl/N-ethyl adjacent to an activating group) is 1. The maximum Gasteiger partial charge on any atom is 0.338 e. The van der Waals surface area contributed by atoms with Crippen LogP contribution >= 0.6 is 0 Å². The highest BCUT2D eigenvalue weighted by Crippen LogP contribution is 2.33. The van der Waals surface area contributed by atoms with Crippen molar-refractivity contribution in [1.82, 2.24) is 20.6 Å². The fraction of sp³-hybridized carbons (Fsp3) is 0.400. The molecular weight excluding hydrogens is 570 g/mol. The van der Waals surface area contributed by atoms with Gasteiger partial charge in [0.15, 0.2) is 0 Å². The third-order valence-electron chi connectivity index (χ3n) is 8.81. The fourth-order valence-electron chi connectivity index (χ4n) is 6.37. The molecular formula is C35H43N5O5. The third kappa shape index (κ3) is 7.70. The summed E-state index contributed by atoms with van der Waals surface area (Å²) >= 11 is 0. The number of ether oxygens (including phenoxy) is 1. The van der Waals surface area contributed by atoms with Crippen LogP contribution in [0.1, 0.15) is 59.7 Å². The standard InChI is InChI=1S/C35H43N5O5/c1-23-18-31(32(36-22-41)19-30(23)35(43)44-4)24(2)33(25-8-6-5-7-9-25)38-27-12-10-26(11-13-27)34(42)39(3)45-17-16-40-20-28-14-15-29(21-40)37-28/h5-10,12,18-19,22,28-29,37-38H,11,13-17,20-21H2,1-4H3,(H,36,41)/b33-24+. The van der Waals surface area contributed by atoms with Gasteiger partial charge in [0.2, 0.25) is 6.41 Å². The first kappa shape index (κ1) is 32.2. The zero-order valence-corrected chi connectivity index (χ0v) is 26.5.